The Labute approximate surface area is 206 Å². The Kier molecular flexibility index (Phi) is 31.5. The predicted molar refractivity (Wildman–Crippen MR) is 142 cm³/mol. The second-order valence-electron chi connectivity index (χ2n) is 9.18. The van der Waals surface area contributed by atoms with Crippen LogP contribution in [0.4, 0.5) is 0 Å². The van der Waals surface area contributed by atoms with Gasteiger partial charge in [-0.15, -0.1) is 0 Å². The minimum absolute atomic E-state index is 0.0763. The topological polar surface area (TPSA) is 63.6 Å². The molecule has 0 aliphatic rings. The van der Waals surface area contributed by atoms with E-state index in [1.807, 2.05) is 0 Å². The summed E-state index contributed by atoms with van der Waals surface area (Å²) in [6.45, 7) is 4.46. The molecular formula is C29H56O4. The van der Waals surface area contributed by atoms with Gasteiger partial charge in [-0.25, -0.2) is 0 Å². The Balaban J connectivity index is 0. The largest absolute Gasteiger partial charge is 0.481 e. The van der Waals surface area contributed by atoms with Gasteiger partial charge in [0.25, 0.3) is 0 Å². The number of esters is 1. The second-order valence-corrected chi connectivity index (χ2v) is 9.18. The van der Waals surface area contributed by atoms with Gasteiger partial charge in [0.1, 0.15) is 0 Å². The van der Waals surface area contributed by atoms with E-state index >= 15 is 0 Å². The molecule has 0 saturated carbocycles. The molecule has 0 aromatic heterocycles. The maximum atomic E-state index is 10.9. The van der Waals surface area contributed by atoms with Crippen LogP contribution in [0.3, 0.4) is 0 Å². The number of unbranched alkanes of at least 4 members (excludes halogenated alkanes) is 17. The van der Waals surface area contributed by atoms with E-state index in [9.17, 15) is 9.59 Å². The Morgan fingerprint density at radius 3 is 1.33 bits per heavy atom. The summed E-state index contributed by atoms with van der Waals surface area (Å²) in [5, 5.41) is 8.35. The van der Waals surface area contributed by atoms with Crippen molar-refractivity contribution in [1.82, 2.24) is 0 Å². The van der Waals surface area contributed by atoms with Crippen LogP contribution in [-0.4, -0.2) is 24.2 Å². The molecule has 0 saturated heterocycles. The highest BCUT2D eigenvalue weighted by Gasteiger charge is 1.98. The van der Waals surface area contributed by atoms with Crippen LogP contribution in [0.25, 0.3) is 0 Å². The molecule has 0 atom stereocenters. The van der Waals surface area contributed by atoms with Crippen LogP contribution in [0.5, 0.6) is 0 Å². The Hall–Kier alpha value is -1.32. The molecule has 0 spiro atoms. The molecule has 4 heteroatoms. The van der Waals surface area contributed by atoms with Crippen molar-refractivity contribution < 1.29 is 19.4 Å². The molecule has 0 heterocycles. The first-order chi connectivity index (χ1) is 16.1. The summed E-state index contributed by atoms with van der Waals surface area (Å²) in [6, 6.07) is 0. The van der Waals surface area contributed by atoms with Gasteiger partial charge in [0.15, 0.2) is 0 Å². The quantitative estimate of drug-likeness (QED) is 0.0921. The fourth-order valence-corrected chi connectivity index (χ4v) is 3.68. The average molecular weight is 469 g/mol. The number of carbonyl (C=O) groups excluding carboxylic acids is 1. The molecule has 196 valence electrons. The van der Waals surface area contributed by atoms with Gasteiger partial charge in [-0.2, -0.15) is 0 Å². The zero-order valence-electron chi connectivity index (χ0n) is 22.4. The number of hydrogen-bond donors (Lipinski definition) is 1. The lowest BCUT2D eigenvalue weighted by molar-refractivity contribution is -0.141. The van der Waals surface area contributed by atoms with E-state index in [2.05, 4.69) is 30.7 Å². The standard InChI is InChI=1S/C19H36O2.C10H20O2/c1-3-4-5-6-7-8-9-10-11-12-13-14-15-16-17-18-19(20)21-2;1-2-3-4-5-6-7-8-9-10(11)12/h10-11H,3-9,12-18H2,1-2H3;2-9H2,1H3,(H,11,12)/b11-10-;. The lowest BCUT2D eigenvalue weighted by Gasteiger charge is -2.00. The van der Waals surface area contributed by atoms with E-state index in [4.69, 9.17) is 5.11 Å². The third kappa shape index (κ3) is 35.5. The number of carboxylic acid groups (broad SMARTS) is 1. The number of rotatable bonds is 23. The first-order valence-corrected chi connectivity index (χ1v) is 14.0. The predicted octanol–water partition coefficient (Wildman–Crippen LogP) is 9.41. The molecule has 0 rings (SSSR count). The van der Waals surface area contributed by atoms with Gasteiger partial charge in [-0.1, -0.05) is 116 Å². The minimum Gasteiger partial charge on any atom is -0.481 e. The van der Waals surface area contributed by atoms with Crippen molar-refractivity contribution in [3.05, 3.63) is 12.2 Å². The molecule has 33 heavy (non-hydrogen) atoms. The van der Waals surface area contributed by atoms with Crippen LogP contribution in [0.2, 0.25) is 0 Å². The van der Waals surface area contributed by atoms with Gasteiger partial charge in [0, 0.05) is 12.8 Å². The monoisotopic (exact) mass is 468 g/mol. The molecule has 1 N–H and O–H groups in total. The molecule has 0 aromatic rings. The number of methoxy groups -OCH3 is 1. The van der Waals surface area contributed by atoms with Crippen molar-refractivity contribution in [2.24, 2.45) is 0 Å². The highest BCUT2D eigenvalue weighted by atomic mass is 16.5. The van der Waals surface area contributed by atoms with Gasteiger partial charge in [-0.05, 0) is 38.5 Å². The first-order valence-electron chi connectivity index (χ1n) is 14.0. The number of ether oxygens (including phenoxy) is 1. The van der Waals surface area contributed by atoms with Crippen LogP contribution >= 0.6 is 0 Å². The van der Waals surface area contributed by atoms with E-state index in [0.29, 0.717) is 12.8 Å². The van der Waals surface area contributed by atoms with Crippen LogP contribution in [0.15, 0.2) is 12.2 Å². The van der Waals surface area contributed by atoms with Crippen LogP contribution in [0, 0.1) is 0 Å². The highest BCUT2D eigenvalue weighted by molar-refractivity contribution is 5.69. The summed E-state index contributed by atoms with van der Waals surface area (Å²) in [5.74, 6) is -0.740. The molecule has 0 fully saturated rings. The van der Waals surface area contributed by atoms with Crippen LogP contribution < -0.4 is 0 Å². The van der Waals surface area contributed by atoms with Crippen molar-refractivity contribution in [3.63, 3.8) is 0 Å². The lowest BCUT2D eigenvalue weighted by Crippen LogP contribution is -1.98. The number of hydrogen-bond acceptors (Lipinski definition) is 3. The SMILES string of the molecule is CCCCCCCC/C=C\CCCCCCCC(=O)OC.CCCCCCCCCC(=O)O. The maximum absolute atomic E-state index is 10.9. The minimum atomic E-state index is -0.663. The Bertz CT molecular complexity index is 431. The average Bonchev–Trinajstić information content (AvgIpc) is 2.81. The number of aliphatic carboxylic acids is 1. The summed E-state index contributed by atoms with van der Waals surface area (Å²) in [7, 11) is 1.46. The van der Waals surface area contributed by atoms with E-state index < -0.39 is 5.97 Å². The molecule has 0 bridgehead atoms. The van der Waals surface area contributed by atoms with Gasteiger partial charge >= 0.3 is 11.9 Å². The van der Waals surface area contributed by atoms with Gasteiger partial charge in [0.2, 0.25) is 0 Å². The first kappa shape index (κ1) is 33.9. The van der Waals surface area contributed by atoms with Crippen molar-refractivity contribution in [1.29, 1.82) is 0 Å². The van der Waals surface area contributed by atoms with Crippen LogP contribution in [0.1, 0.15) is 155 Å². The summed E-state index contributed by atoms with van der Waals surface area (Å²) in [4.78, 5) is 21.0. The van der Waals surface area contributed by atoms with Crippen molar-refractivity contribution >= 4 is 11.9 Å². The second kappa shape index (κ2) is 30.7. The molecule has 0 aliphatic heterocycles. The molecule has 0 radical (unpaired) electrons. The van der Waals surface area contributed by atoms with Crippen LogP contribution in [-0.2, 0) is 14.3 Å². The fourth-order valence-electron chi connectivity index (χ4n) is 3.68. The van der Waals surface area contributed by atoms with E-state index in [1.54, 1.807) is 0 Å². The third-order valence-electron chi connectivity index (χ3n) is 5.86. The summed E-state index contributed by atoms with van der Waals surface area (Å²) >= 11 is 0. The molecule has 0 aliphatic carbocycles. The molecule has 0 amide bonds. The third-order valence-corrected chi connectivity index (χ3v) is 5.86. The Morgan fingerprint density at radius 1 is 0.576 bits per heavy atom. The number of carboxylic acids is 1. The number of allylic oxidation sites excluding steroid dienone is 2. The van der Waals surface area contributed by atoms with Crippen molar-refractivity contribution in [2.75, 3.05) is 7.11 Å². The normalized spacial score (nSPS) is 10.8. The molecule has 0 unspecified atom stereocenters. The molecule has 4 nitrogen and oxygen atoms in total. The van der Waals surface area contributed by atoms with E-state index in [-0.39, 0.29) is 5.97 Å². The highest BCUT2D eigenvalue weighted by Crippen LogP contribution is 2.10. The summed E-state index contributed by atoms with van der Waals surface area (Å²) in [5.41, 5.74) is 0. The van der Waals surface area contributed by atoms with Gasteiger partial charge in [-0.3, -0.25) is 9.59 Å². The number of carbonyl (C=O) groups is 2. The zero-order valence-corrected chi connectivity index (χ0v) is 22.4. The molecule has 0 aromatic carbocycles. The summed E-state index contributed by atoms with van der Waals surface area (Å²) in [6.07, 6.45) is 30.6. The van der Waals surface area contributed by atoms with E-state index in [0.717, 1.165) is 25.7 Å². The lowest BCUT2D eigenvalue weighted by atomic mass is 10.1. The zero-order chi connectivity index (χ0) is 24.8. The smallest absolute Gasteiger partial charge is 0.305 e. The fraction of sp³-hybridized carbons (Fsp3) is 0.862. The van der Waals surface area contributed by atoms with Crippen molar-refractivity contribution in [3.8, 4) is 0 Å². The Morgan fingerprint density at radius 2 is 0.939 bits per heavy atom. The van der Waals surface area contributed by atoms with Crippen molar-refractivity contribution in [2.45, 2.75) is 155 Å². The summed E-state index contributed by atoms with van der Waals surface area (Å²) < 4.78 is 4.62. The maximum Gasteiger partial charge on any atom is 0.305 e. The van der Waals surface area contributed by atoms with E-state index in [1.165, 1.54) is 110 Å². The van der Waals surface area contributed by atoms with Gasteiger partial charge < -0.3 is 9.84 Å². The van der Waals surface area contributed by atoms with Gasteiger partial charge in [0.05, 0.1) is 7.11 Å². The molecular weight excluding hydrogens is 412 g/mol.